The second-order valence-electron chi connectivity index (χ2n) is 7.04. The van der Waals surface area contributed by atoms with Crippen LogP contribution >= 0.6 is 0 Å². The SMILES string of the molecule is Fc1ccc(-c2nnc(CN3CCC(Cc4ccccc4)CC3)[nH]2)cc1. The third kappa shape index (κ3) is 4.17. The van der Waals surface area contributed by atoms with Crippen molar-refractivity contribution in [3.05, 3.63) is 71.8 Å². The molecule has 2 heterocycles. The molecule has 5 heteroatoms. The van der Waals surface area contributed by atoms with Crippen LogP contribution in [0.15, 0.2) is 54.6 Å². The van der Waals surface area contributed by atoms with Crippen molar-refractivity contribution in [2.45, 2.75) is 25.8 Å². The highest BCUT2D eigenvalue weighted by molar-refractivity contribution is 5.53. The van der Waals surface area contributed by atoms with Gasteiger partial charge < -0.3 is 4.98 Å². The van der Waals surface area contributed by atoms with E-state index in [-0.39, 0.29) is 5.82 Å². The minimum Gasteiger partial charge on any atom is -0.324 e. The van der Waals surface area contributed by atoms with Crippen LogP contribution in [-0.4, -0.2) is 33.2 Å². The highest BCUT2D eigenvalue weighted by Crippen LogP contribution is 2.23. The molecule has 1 aliphatic heterocycles. The summed E-state index contributed by atoms with van der Waals surface area (Å²) in [5.41, 5.74) is 2.29. The third-order valence-electron chi connectivity index (χ3n) is 5.10. The number of halogens is 1. The van der Waals surface area contributed by atoms with E-state index in [9.17, 15) is 4.39 Å². The number of aromatic amines is 1. The number of likely N-dealkylation sites (tertiary alicyclic amines) is 1. The first kappa shape index (κ1) is 16.9. The zero-order valence-corrected chi connectivity index (χ0v) is 14.7. The third-order valence-corrected chi connectivity index (χ3v) is 5.10. The molecule has 0 unspecified atom stereocenters. The Bertz CT molecular complexity index is 821. The first-order chi connectivity index (χ1) is 12.8. The van der Waals surface area contributed by atoms with Gasteiger partial charge in [-0.15, -0.1) is 10.2 Å². The Kier molecular flexibility index (Phi) is 5.07. The molecular weight excluding hydrogens is 327 g/mol. The monoisotopic (exact) mass is 350 g/mol. The van der Waals surface area contributed by atoms with Crippen molar-refractivity contribution in [3.63, 3.8) is 0 Å². The highest BCUT2D eigenvalue weighted by Gasteiger charge is 2.20. The van der Waals surface area contributed by atoms with Gasteiger partial charge >= 0.3 is 0 Å². The molecule has 0 amide bonds. The summed E-state index contributed by atoms with van der Waals surface area (Å²) in [5.74, 6) is 2.08. The van der Waals surface area contributed by atoms with Crippen molar-refractivity contribution in [1.82, 2.24) is 20.1 Å². The maximum atomic E-state index is 13.0. The largest absolute Gasteiger partial charge is 0.324 e. The second kappa shape index (κ2) is 7.79. The summed E-state index contributed by atoms with van der Waals surface area (Å²) in [5, 5.41) is 8.45. The molecule has 26 heavy (non-hydrogen) atoms. The number of benzene rings is 2. The van der Waals surface area contributed by atoms with E-state index in [1.54, 1.807) is 12.1 Å². The van der Waals surface area contributed by atoms with E-state index in [4.69, 9.17) is 0 Å². The van der Waals surface area contributed by atoms with Crippen LogP contribution in [0.1, 0.15) is 24.2 Å². The summed E-state index contributed by atoms with van der Waals surface area (Å²) in [6.07, 6.45) is 3.60. The van der Waals surface area contributed by atoms with Gasteiger partial charge in [0.25, 0.3) is 0 Å². The van der Waals surface area contributed by atoms with Crippen LogP contribution < -0.4 is 0 Å². The van der Waals surface area contributed by atoms with Crippen molar-refractivity contribution in [1.29, 1.82) is 0 Å². The summed E-state index contributed by atoms with van der Waals surface area (Å²) >= 11 is 0. The van der Waals surface area contributed by atoms with E-state index in [1.165, 1.54) is 37.0 Å². The Morgan fingerprint density at radius 2 is 1.69 bits per heavy atom. The predicted molar refractivity (Wildman–Crippen MR) is 99.9 cm³/mol. The zero-order valence-electron chi connectivity index (χ0n) is 14.7. The van der Waals surface area contributed by atoms with Gasteiger partial charge in [0.1, 0.15) is 11.6 Å². The molecular formula is C21H23FN4. The van der Waals surface area contributed by atoms with Gasteiger partial charge in [-0.05, 0) is 68.1 Å². The average Bonchev–Trinajstić information content (AvgIpc) is 3.13. The molecule has 1 aliphatic rings. The molecule has 3 aromatic rings. The fraction of sp³-hybridized carbons (Fsp3) is 0.333. The molecule has 1 N–H and O–H groups in total. The highest BCUT2D eigenvalue weighted by atomic mass is 19.1. The molecule has 1 saturated heterocycles. The van der Waals surface area contributed by atoms with Gasteiger partial charge in [0, 0.05) is 5.56 Å². The van der Waals surface area contributed by atoms with E-state index in [0.29, 0.717) is 5.82 Å². The molecule has 0 atom stereocenters. The predicted octanol–water partition coefficient (Wildman–Crippen LogP) is 4.07. The molecule has 0 radical (unpaired) electrons. The molecule has 134 valence electrons. The van der Waals surface area contributed by atoms with Gasteiger partial charge in [-0.2, -0.15) is 0 Å². The first-order valence-electron chi connectivity index (χ1n) is 9.20. The van der Waals surface area contributed by atoms with Crippen LogP contribution in [0.5, 0.6) is 0 Å². The lowest BCUT2D eigenvalue weighted by atomic mass is 9.90. The summed E-state index contributed by atoms with van der Waals surface area (Å²) in [4.78, 5) is 5.69. The van der Waals surface area contributed by atoms with Gasteiger partial charge in [0.05, 0.1) is 6.54 Å². The Balaban J connectivity index is 1.30. The topological polar surface area (TPSA) is 44.8 Å². The minimum absolute atomic E-state index is 0.244. The van der Waals surface area contributed by atoms with Gasteiger partial charge in [-0.3, -0.25) is 4.90 Å². The number of aromatic nitrogens is 3. The molecule has 0 saturated carbocycles. The van der Waals surface area contributed by atoms with Gasteiger partial charge in [0.15, 0.2) is 5.82 Å². The van der Waals surface area contributed by atoms with Crippen molar-refractivity contribution in [2.24, 2.45) is 5.92 Å². The number of piperidine rings is 1. The normalized spacial score (nSPS) is 16.0. The minimum atomic E-state index is -0.244. The number of H-pyrrole nitrogens is 1. The van der Waals surface area contributed by atoms with E-state index in [2.05, 4.69) is 50.4 Å². The van der Waals surface area contributed by atoms with Gasteiger partial charge in [-0.25, -0.2) is 4.39 Å². The maximum absolute atomic E-state index is 13.0. The van der Waals surface area contributed by atoms with Gasteiger partial charge in [-0.1, -0.05) is 30.3 Å². The number of hydrogen-bond donors (Lipinski definition) is 1. The fourth-order valence-electron chi connectivity index (χ4n) is 3.61. The Hall–Kier alpha value is -2.53. The van der Waals surface area contributed by atoms with Crippen LogP contribution in [0, 0.1) is 11.7 Å². The Labute approximate surface area is 153 Å². The van der Waals surface area contributed by atoms with E-state index in [0.717, 1.165) is 36.9 Å². The van der Waals surface area contributed by atoms with E-state index < -0.39 is 0 Å². The smallest absolute Gasteiger partial charge is 0.161 e. The van der Waals surface area contributed by atoms with E-state index >= 15 is 0 Å². The lowest BCUT2D eigenvalue weighted by Gasteiger charge is -2.31. The molecule has 4 nitrogen and oxygen atoms in total. The molecule has 1 aromatic heterocycles. The quantitative estimate of drug-likeness (QED) is 0.754. The molecule has 2 aromatic carbocycles. The van der Waals surface area contributed by atoms with Crippen LogP contribution in [0.4, 0.5) is 4.39 Å². The molecule has 0 aliphatic carbocycles. The van der Waals surface area contributed by atoms with Crippen LogP contribution in [0.25, 0.3) is 11.4 Å². The van der Waals surface area contributed by atoms with Crippen molar-refractivity contribution >= 4 is 0 Å². The van der Waals surface area contributed by atoms with Crippen molar-refractivity contribution in [3.8, 4) is 11.4 Å². The number of hydrogen-bond acceptors (Lipinski definition) is 3. The fourth-order valence-corrected chi connectivity index (χ4v) is 3.61. The Morgan fingerprint density at radius 3 is 2.42 bits per heavy atom. The van der Waals surface area contributed by atoms with Crippen molar-refractivity contribution < 1.29 is 4.39 Å². The number of nitrogens with zero attached hydrogens (tertiary/aromatic N) is 3. The second-order valence-corrected chi connectivity index (χ2v) is 7.04. The lowest BCUT2D eigenvalue weighted by Crippen LogP contribution is -2.34. The molecule has 4 rings (SSSR count). The summed E-state index contributed by atoms with van der Waals surface area (Å²) in [7, 11) is 0. The van der Waals surface area contributed by atoms with Crippen LogP contribution in [0.3, 0.4) is 0 Å². The van der Waals surface area contributed by atoms with Crippen molar-refractivity contribution in [2.75, 3.05) is 13.1 Å². The summed E-state index contributed by atoms with van der Waals surface area (Å²) in [6.45, 7) is 2.96. The van der Waals surface area contributed by atoms with Crippen LogP contribution in [0.2, 0.25) is 0 Å². The number of rotatable bonds is 5. The molecule has 1 fully saturated rings. The Morgan fingerprint density at radius 1 is 0.962 bits per heavy atom. The van der Waals surface area contributed by atoms with E-state index in [1.807, 2.05) is 0 Å². The standard InChI is InChI=1S/C21H23FN4/c22-19-8-6-18(7-9-19)21-23-20(24-25-21)15-26-12-10-17(11-13-26)14-16-4-2-1-3-5-16/h1-9,17H,10-15H2,(H,23,24,25). The molecule has 0 bridgehead atoms. The zero-order chi connectivity index (χ0) is 17.8. The van der Waals surface area contributed by atoms with Crippen LogP contribution in [-0.2, 0) is 13.0 Å². The molecule has 0 spiro atoms. The first-order valence-corrected chi connectivity index (χ1v) is 9.20. The maximum Gasteiger partial charge on any atom is 0.161 e. The lowest BCUT2D eigenvalue weighted by molar-refractivity contribution is 0.173. The summed E-state index contributed by atoms with van der Waals surface area (Å²) < 4.78 is 13.0. The van der Waals surface area contributed by atoms with Gasteiger partial charge in [0.2, 0.25) is 0 Å². The number of nitrogens with one attached hydrogen (secondary N) is 1. The summed E-state index contributed by atoms with van der Waals surface area (Å²) in [6, 6.07) is 17.1. The average molecular weight is 350 g/mol.